The van der Waals surface area contributed by atoms with Crippen LogP contribution >= 0.6 is 11.8 Å². The molecule has 1 heterocycles. The van der Waals surface area contributed by atoms with Gasteiger partial charge in [0.15, 0.2) is 10.9 Å². The highest BCUT2D eigenvalue weighted by Crippen LogP contribution is 2.18. The Morgan fingerprint density at radius 1 is 1.15 bits per heavy atom. The van der Waals surface area contributed by atoms with Gasteiger partial charge in [0.2, 0.25) is 5.91 Å². The zero-order chi connectivity index (χ0) is 19.4. The van der Waals surface area contributed by atoms with Gasteiger partial charge < -0.3 is 5.32 Å². The summed E-state index contributed by atoms with van der Waals surface area (Å²) >= 11 is 1.21. The van der Waals surface area contributed by atoms with Crippen LogP contribution < -0.4 is 10.9 Å². The number of carbonyl (C=O) groups is 2. The summed E-state index contributed by atoms with van der Waals surface area (Å²) in [5.41, 5.74) is 1.61. The molecule has 0 spiro atoms. The van der Waals surface area contributed by atoms with Gasteiger partial charge in [0.1, 0.15) is 0 Å². The molecule has 7 heteroatoms. The number of amides is 1. The number of nitrogens with one attached hydrogen (secondary N) is 1. The number of Topliss-reactive ketones (excluding diaryl/α,β-unsaturated/α-hetero) is 1. The normalized spacial score (nSPS) is 10.7. The number of hydrogen-bond donors (Lipinski definition) is 1. The third-order valence-corrected chi connectivity index (χ3v) is 5.00. The van der Waals surface area contributed by atoms with Crippen LogP contribution in [0.1, 0.15) is 24.2 Å². The lowest BCUT2D eigenvalue weighted by atomic mass is 10.1. The smallest absolute Gasteiger partial charge is 0.262 e. The van der Waals surface area contributed by atoms with Gasteiger partial charge >= 0.3 is 0 Å². The Kier molecular flexibility index (Phi) is 5.71. The van der Waals surface area contributed by atoms with Crippen molar-refractivity contribution in [2.75, 3.05) is 11.1 Å². The molecule has 6 nitrogen and oxygen atoms in total. The Morgan fingerprint density at radius 3 is 2.67 bits per heavy atom. The highest BCUT2D eigenvalue weighted by molar-refractivity contribution is 7.99. The summed E-state index contributed by atoms with van der Waals surface area (Å²) in [5, 5.41) is 3.84. The van der Waals surface area contributed by atoms with E-state index in [1.807, 2.05) is 13.0 Å². The van der Waals surface area contributed by atoms with Crippen LogP contribution in [0.5, 0.6) is 0 Å². The Bertz CT molecular complexity index is 1080. The lowest BCUT2D eigenvalue weighted by molar-refractivity contribution is -0.113. The number of rotatable bonds is 6. The van der Waals surface area contributed by atoms with E-state index in [-0.39, 0.29) is 23.0 Å². The number of thioether (sulfide) groups is 1. The van der Waals surface area contributed by atoms with Crippen molar-refractivity contribution in [2.45, 2.75) is 25.5 Å². The standard InChI is InChI=1S/C20H19N3O3S/c1-3-23-19(26)16-9-4-5-10-17(16)22-20(23)27-12-18(25)21-15-8-6-7-14(11-15)13(2)24/h4-11H,3,12H2,1-2H3,(H,21,25). The number of fused-ring (bicyclic) bond motifs is 1. The highest BCUT2D eigenvalue weighted by atomic mass is 32.2. The van der Waals surface area contributed by atoms with E-state index in [1.54, 1.807) is 47.0 Å². The molecule has 3 aromatic rings. The van der Waals surface area contributed by atoms with Crippen LogP contribution in [0.15, 0.2) is 58.5 Å². The topological polar surface area (TPSA) is 81.1 Å². The van der Waals surface area contributed by atoms with Crippen LogP contribution in [-0.4, -0.2) is 27.0 Å². The van der Waals surface area contributed by atoms with Gasteiger partial charge in [0.25, 0.3) is 5.56 Å². The molecule has 0 radical (unpaired) electrons. The van der Waals surface area contributed by atoms with Crippen LogP contribution in [0.2, 0.25) is 0 Å². The van der Waals surface area contributed by atoms with Crippen molar-refractivity contribution in [3.8, 4) is 0 Å². The van der Waals surface area contributed by atoms with Crippen molar-refractivity contribution in [2.24, 2.45) is 0 Å². The lowest BCUT2D eigenvalue weighted by Gasteiger charge is -2.11. The molecule has 0 aliphatic rings. The van der Waals surface area contributed by atoms with Gasteiger partial charge in [-0.2, -0.15) is 0 Å². The fraction of sp³-hybridized carbons (Fsp3) is 0.200. The van der Waals surface area contributed by atoms with Gasteiger partial charge in [-0.15, -0.1) is 0 Å². The van der Waals surface area contributed by atoms with Crippen molar-refractivity contribution in [1.29, 1.82) is 0 Å². The van der Waals surface area contributed by atoms with E-state index in [2.05, 4.69) is 10.3 Å². The number of carbonyl (C=O) groups excluding carboxylic acids is 2. The van der Waals surface area contributed by atoms with E-state index in [9.17, 15) is 14.4 Å². The summed E-state index contributed by atoms with van der Waals surface area (Å²) in [7, 11) is 0. The average Bonchev–Trinajstić information content (AvgIpc) is 2.66. The zero-order valence-corrected chi connectivity index (χ0v) is 15.9. The maximum Gasteiger partial charge on any atom is 0.262 e. The first-order valence-electron chi connectivity index (χ1n) is 8.53. The van der Waals surface area contributed by atoms with Crippen LogP contribution in [0.3, 0.4) is 0 Å². The molecular formula is C20H19N3O3S. The van der Waals surface area contributed by atoms with Gasteiger partial charge in [-0.05, 0) is 38.1 Å². The maximum absolute atomic E-state index is 12.6. The molecule has 0 fully saturated rings. The zero-order valence-electron chi connectivity index (χ0n) is 15.1. The van der Waals surface area contributed by atoms with Crippen LogP contribution in [-0.2, 0) is 11.3 Å². The molecule has 0 bridgehead atoms. The molecule has 138 valence electrons. The third-order valence-electron chi connectivity index (χ3n) is 4.03. The minimum atomic E-state index is -0.231. The molecule has 3 rings (SSSR count). The van der Waals surface area contributed by atoms with Crippen molar-refractivity contribution >= 4 is 40.0 Å². The quantitative estimate of drug-likeness (QED) is 0.402. The monoisotopic (exact) mass is 381 g/mol. The molecule has 0 aliphatic heterocycles. The van der Waals surface area contributed by atoms with Crippen molar-refractivity contribution in [1.82, 2.24) is 9.55 Å². The van der Waals surface area contributed by atoms with Crippen molar-refractivity contribution < 1.29 is 9.59 Å². The molecule has 0 atom stereocenters. The molecular weight excluding hydrogens is 362 g/mol. The molecule has 0 aliphatic carbocycles. The second-order valence-electron chi connectivity index (χ2n) is 5.93. The summed E-state index contributed by atoms with van der Waals surface area (Å²) in [4.78, 5) is 40.8. The summed E-state index contributed by atoms with van der Waals surface area (Å²) in [6.45, 7) is 3.82. The van der Waals surface area contributed by atoms with E-state index in [4.69, 9.17) is 0 Å². The second kappa shape index (κ2) is 8.18. The van der Waals surface area contributed by atoms with E-state index in [1.165, 1.54) is 18.7 Å². The fourth-order valence-corrected chi connectivity index (χ4v) is 3.54. The third kappa shape index (κ3) is 4.25. The molecule has 0 saturated heterocycles. The number of para-hydroxylation sites is 1. The van der Waals surface area contributed by atoms with E-state index >= 15 is 0 Å². The summed E-state index contributed by atoms with van der Waals surface area (Å²) in [6, 6.07) is 14.0. The predicted molar refractivity (Wildman–Crippen MR) is 107 cm³/mol. The summed E-state index contributed by atoms with van der Waals surface area (Å²) < 4.78 is 1.57. The Morgan fingerprint density at radius 2 is 1.93 bits per heavy atom. The van der Waals surface area contributed by atoms with E-state index in [0.717, 1.165) is 0 Å². The highest BCUT2D eigenvalue weighted by Gasteiger charge is 2.12. The number of ketones is 1. The van der Waals surface area contributed by atoms with Crippen molar-refractivity contribution in [3.05, 3.63) is 64.4 Å². The summed E-state index contributed by atoms with van der Waals surface area (Å²) in [5.74, 6) is -0.187. The SMILES string of the molecule is CCn1c(SCC(=O)Nc2cccc(C(C)=O)c2)nc2ccccc2c1=O. The molecule has 1 amide bonds. The van der Waals surface area contributed by atoms with Crippen LogP contribution in [0.4, 0.5) is 5.69 Å². The largest absolute Gasteiger partial charge is 0.325 e. The lowest BCUT2D eigenvalue weighted by Crippen LogP contribution is -2.23. The summed E-state index contributed by atoms with van der Waals surface area (Å²) in [6.07, 6.45) is 0. The van der Waals surface area contributed by atoms with E-state index in [0.29, 0.717) is 33.9 Å². The molecule has 27 heavy (non-hydrogen) atoms. The van der Waals surface area contributed by atoms with Crippen molar-refractivity contribution in [3.63, 3.8) is 0 Å². The predicted octanol–water partition coefficient (Wildman–Crippen LogP) is 3.35. The van der Waals surface area contributed by atoms with Gasteiger partial charge in [0.05, 0.1) is 16.7 Å². The number of nitrogens with zero attached hydrogens (tertiary/aromatic N) is 2. The van der Waals surface area contributed by atoms with Gasteiger partial charge in [0, 0.05) is 17.8 Å². The molecule has 1 N–H and O–H groups in total. The Labute approximate surface area is 160 Å². The number of hydrogen-bond acceptors (Lipinski definition) is 5. The molecule has 0 unspecified atom stereocenters. The van der Waals surface area contributed by atoms with Crippen LogP contribution in [0.25, 0.3) is 10.9 Å². The minimum absolute atomic E-state index is 0.0622. The van der Waals surface area contributed by atoms with Gasteiger partial charge in [-0.1, -0.05) is 36.0 Å². The maximum atomic E-state index is 12.6. The van der Waals surface area contributed by atoms with Gasteiger partial charge in [-0.25, -0.2) is 4.98 Å². The van der Waals surface area contributed by atoms with Crippen LogP contribution in [0, 0.1) is 0 Å². The number of benzene rings is 2. The minimum Gasteiger partial charge on any atom is -0.325 e. The second-order valence-corrected chi connectivity index (χ2v) is 6.88. The number of aromatic nitrogens is 2. The van der Waals surface area contributed by atoms with Gasteiger partial charge in [-0.3, -0.25) is 19.0 Å². The molecule has 0 saturated carbocycles. The first-order chi connectivity index (χ1) is 13.0. The first-order valence-corrected chi connectivity index (χ1v) is 9.51. The average molecular weight is 381 g/mol. The fourth-order valence-electron chi connectivity index (χ4n) is 2.68. The molecule has 1 aromatic heterocycles. The van der Waals surface area contributed by atoms with E-state index < -0.39 is 0 Å². The Hall–Kier alpha value is -2.93. The Balaban J connectivity index is 1.76. The number of anilines is 1. The first kappa shape index (κ1) is 18.8. The molecule has 2 aromatic carbocycles.